The maximum Gasteiger partial charge on any atom is 0.407 e. The Bertz CT molecular complexity index is 121. The molecule has 0 aromatic heterocycles. The zero-order valence-corrected chi connectivity index (χ0v) is 5.78. The van der Waals surface area contributed by atoms with E-state index in [0.29, 0.717) is 6.92 Å². The highest BCUT2D eigenvalue weighted by Crippen LogP contribution is 2.08. The van der Waals surface area contributed by atoms with Crippen LogP contribution < -0.4 is 5.32 Å². The lowest BCUT2D eigenvalue weighted by Crippen LogP contribution is -2.34. The molecular formula is C5H9F2NO2. The number of alkyl halides is 2. The Kier molecular flexibility index (Phi) is 3.05. The van der Waals surface area contributed by atoms with Gasteiger partial charge in [0.15, 0.2) is 0 Å². The number of methoxy groups -OCH3 is 1. The Morgan fingerprint density at radius 3 is 2.50 bits per heavy atom. The summed E-state index contributed by atoms with van der Waals surface area (Å²) in [7, 11) is 1.11. The van der Waals surface area contributed by atoms with Crippen molar-refractivity contribution in [2.75, 3.05) is 13.7 Å². The molecular weight excluding hydrogens is 144 g/mol. The van der Waals surface area contributed by atoms with E-state index >= 15 is 0 Å². The molecule has 0 rings (SSSR count). The van der Waals surface area contributed by atoms with Gasteiger partial charge < -0.3 is 10.1 Å². The number of nitrogens with one attached hydrogen (secondary N) is 1. The molecule has 0 aromatic carbocycles. The molecule has 0 aliphatic carbocycles. The van der Waals surface area contributed by atoms with Crippen molar-refractivity contribution >= 4 is 6.09 Å². The average Bonchev–Trinajstić information content (AvgIpc) is 1.81. The summed E-state index contributed by atoms with van der Waals surface area (Å²) in [6, 6.07) is 0. The van der Waals surface area contributed by atoms with Gasteiger partial charge in [0, 0.05) is 6.92 Å². The first-order chi connectivity index (χ1) is 4.45. The number of carbonyl (C=O) groups excluding carboxylic acids is 1. The van der Waals surface area contributed by atoms with Crippen molar-refractivity contribution < 1.29 is 18.3 Å². The lowest BCUT2D eigenvalue weighted by atomic mass is 10.4. The molecule has 0 saturated heterocycles. The van der Waals surface area contributed by atoms with E-state index in [1.807, 2.05) is 5.32 Å². The largest absolute Gasteiger partial charge is 0.453 e. The molecule has 0 aliphatic heterocycles. The topological polar surface area (TPSA) is 38.3 Å². The van der Waals surface area contributed by atoms with Crippen molar-refractivity contribution in [2.24, 2.45) is 0 Å². The van der Waals surface area contributed by atoms with E-state index in [1.54, 1.807) is 0 Å². The van der Waals surface area contributed by atoms with Crippen molar-refractivity contribution in [2.45, 2.75) is 12.8 Å². The zero-order chi connectivity index (χ0) is 8.20. The van der Waals surface area contributed by atoms with Crippen LogP contribution in [-0.2, 0) is 4.74 Å². The summed E-state index contributed by atoms with van der Waals surface area (Å²) in [4.78, 5) is 10.2. The highest BCUT2D eigenvalue weighted by Gasteiger charge is 2.21. The lowest BCUT2D eigenvalue weighted by molar-refractivity contribution is 0.0224. The molecule has 5 heteroatoms. The van der Waals surface area contributed by atoms with Crippen molar-refractivity contribution in [3.63, 3.8) is 0 Å². The van der Waals surface area contributed by atoms with Crippen molar-refractivity contribution in [1.29, 1.82) is 0 Å². The fourth-order valence-corrected chi connectivity index (χ4v) is 0.300. The van der Waals surface area contributed by atoms with Gasteiger partial charge in [-0.05, 0) is 0 Å². The number of hydrogen-bond donors (Lipinski definition) is 1. The first-order valence-electron chi connectivity index (χ1n) is 2.65. The second-order valence-electron chi connectivity index (χ2n) is 1.92. The van der Waals surface area contributed by atoms with Crippen LogP contribution in [0.3, 0.4) is 0 Å². The summed E-state index contributed by atoms with van der Waals surface area (Å²) in [6.07, 6.45) is -0.846. The normalized spacial score (nSPS) is 10.8. The minimum Gasteiger partial charge on any atom is -0.453 e. The molecule has 0 heterocycles. The van der Waals surface area contributed by atoms with Gasteiger partial charge in [-0.1, -0.05) is 0 Å². The predicted octanol–water partition coefficient (Wildman–Crippen LogP) is 0.998. The maximum atomic E-state index is 11.9. The van der Waals surface area contributed by atoms with Gasteiger partial charge in [-0.25, -0.2) is 13.6 Å². The molecule has 0 saturated carbocycles. The number of amides is 1. The third kappa shape index (κ3) is 5.27. The van der Waals surface area contributed by atoms with Gasteiger partial charge >= 0.3 is 6.09 Å². The fraction of sp³-hybridized carbons (Fsp3) is 0.800. The molecule has 0 spiro atoms. The van der Waals surface area contributed by atoms with Crippen LogP contribution in [0.25, 0.3) is 0 Å². The Hall–Kier alpha value is -0.870. The minimum absolute atomic E-state index is 0.695. The van der Waals surface area contributed by atoms with Crippen LogP contribution in [0.2, 0.25) is 0 Å². The molecule has 0 fully saturated rings. The number of halogens is 2. The minimum atomic E-state index is -2.88. The van der Waals surface area contributed by atoms with E-state index in [2.05, 4.69) is 4.74 Å². The van der Waals surface area contributed by atoms with Crippen LogP contribution in [0.5, 0.6) is 0 Å². The van der Waals surface area contributed by atoms with Crippen LogP contribution >= 0.6 is 0 Å². The molecule has 1 amide bonds. The van der Waals surface area contributed by atoms with E-state index in [9.17, 15) is 13.6 Å². The third-order valence-corrected chi connectivity index (χ3v) is 0.729. The van der Waals surface area contributed by atoms with Gasteiger partial charge in [0.05, 0.1) is 13.7 Å². The molecule has 0 bridgehead atoms. The first kappa shape index (κ1) is 9.13. The highest BCUT2D eigenvalue weighted by molar-refractivity contribution is 5.66. The summed E-state index contributed by atoms with van der Waals surface area (Å²) in [5.41, 5.74) is 0. The summed E-state index contributed by atoms with van der Waals surface area (Å²) in [5, 5.41) is 1.86. The molecule has 0 radical (unpaired) electrons. The average molecular weight is 153 g/mol. The van der Waals surface area contributed by atoms with Crippen LogP contribution in [0.1, 0.15) is 6.92 Å². The van der Waals surface area contributed by atoms with E-state index in [1.165, 1.54) is 0 Å². The Labute approximate surface area is 57.4 Å². The number of alkyl carbamates (subject to hydrolysis) is 1. The highest BCUT2D eigenvalue weighted by atomic mass is 19.3. The maximum absolute atomic E-state index is 11.9. The zero-order valence-electron chi connectivity index (χ0n) is 5.78. The van der Waals surface area contributed by atoms with Crippen LogP contribution in [0.15, 0.2) is 0 Å². The van der Waals surface area contributed by atoms with Gasteiger partial charge in [0.1, 0.15) is 0 Å². The number of rotatable bonds is 2. The fourth-order valence-electron chi connectivity index (χ4n) is 0.300. The molecule has 10 heavy (non-hydrogen) atoms. The Balaban J connectivity index is 3.46. The SMILES string of the molecule is COC(=O)NCC(C)(F)F. The standard InChI is InChI=1S/C5H9F2NO2/c1-5(6,7)3-8-4(9)10-2/h3H2,1-2H3,(H,8,9). The first-order valence-corrected chi connectivity index (χ1v) is 2.65. The van der Waals surface area contributed by atoms with Crippen LogP contribution in [-0.4, -0.2) is 25.7 Å². The van der Waals surface area contributed by atoms with Crippen LogP contribution in [0, 0.1) is 0 Å². The van der Waals surface area contributed by atoms with Gasteiger partial charge in [-0.15, -0.1) is 0 Å². The predicted molar refractivity (Wildman–Crippen MR) is 31.0 cm³/mol. The Morgan fingerprint density at radius 1 is 1.70 bits per heavy atom. The third-order valence-electron chi connectivity index (χ3n) is 0.729. The summed E-state index contributed by atoms with van der Waals surface area (Å²) >= 11 is 0. The number of hydrogen-bond acceptors (Lipinski definition) is 2. The van der Waals surface area contributed by atoms with Gasteiger partial charge in [0.2, 0.25) is 0 Å². The molecule has 60 valence electrons. The van der Waals surface area contributed by atoms with E-state index in [-0.39, 0.29) is 0 Å². The second kappa shape index (κ2) is 3.34. The quantitative estimate of drug-likeness (QED) is 0.642. The second-order valence-corrected chi connectivity index (χ2v) is 1.92. The van der Waals surface area contributed by atoms with Gasteiger partial charge in [-0.3, -0.25) is 0 Å². The van der Waals surface area contributed by atoms with Gasteiger partial charge in [-0.2, -0.15) is 0 Å². The van der Waals surface area contributed by atoms with Crippen LogP contribution in [0.4, 0.5) is 13.6 Å². The van der Waals surface area contributed by atoms with Crippen molar-refractivity contribution in [3.8, 4) is 0 Å². The smallest absolute Gasteiger partial charge is 0.407 e. The van der Waals surface area contributed by atoms with Gasteiger partial charge in [0.25, 0.3) is 5.92 Å². The van der Waals surface area contributed by atoms with E-state index in [4.69, 9.17) is 0 Å². The van der Waals surface area contributed by atoms with E-state index < -0.39 is 18.6 Å². The summed E-state index contributed by atoms with van der Waals surface area (Å²) in [6.45, 7) is 0.0165. The Morgan fingerprint density at radius 2 is 2.20 bits per heavy atom. The van der Waals surface area contributed by atoms with Crippen molar-refractivity contribution in [1.82, 2.24) is 5.32 Å². The number of carbonyl (C=O) groups is 1. The summed E-state index contributed by atoms with van der Waals surface area (Å²) in [5.74, 6) is -2.88. The lowest BCUT2D eigenvalue weighted by Gasteiger charge is -2.09. The molecule has 0 aliphatic rings. The number of ether oxygens (including phenoxy) is 1. The van der Waals surface area contributed by atoms with E-state index in [0.717, 1.165) is 7.11 Å². The molecule has 0 unspecified atom stereocenters. The summed E-state index contributed by atoms with van der Waals surface area (Å²) < 4.78 is 28.0. The molecule has 3 nitrogen and oxygen atoms in total. The van der Waals surface area contributed by atoms with Crippen molar-refractivity contribution in [3.05, 3.63) is 0 Å². The molecule has 0 aromatic rings. The monoisotopic (exact) mass is 153 g/mol. The molecule has 0 atom stereocenters. The molecule has 1 N–H and O–H groups in total.